The second-order valence-electron chi connectivity index (χ2n) is 5.66. The lowest BCUT2D eigenvalue weighted by Gasteiger charge is -2.32. The second kappa shape index (κ2) is 8.90. The Labute approximate surface area is 107 Å². The molecule has 102 valence electrons. The van der Waals surface area contributed by atoms with Gasteiger partial charge in [-0.05, 0) is 45.3 Å². The van der Waals surface area contributed by atoms with Crippen molar-refractivity contribution in [3.8, 4) is 0 Å². The van der Waals surface area contributed by atoms with Crippen LogP contribution in [0.3, 0.4) is 0 Å². The van der Waals surface area contributed by atoms with Crippen molar-refractivity contribution in [3.05, 3.63) is 0 Å². The molecule has 0 bridgehead atoms. The summed E-state index contributed by atoms with van der Waals surface area (Å²) >= 11 is 0. The number of nitrogens with one attached hydrogen (secondary N) is 1. The highest BCUT2D eigenvalue weighted by Gasteiger charge is 2.17. The van der Waals surface area contributed by atoms with E-state index in [0.29, 0.717) is 5.92 Å². The Morgan fingerprint density at radius 2 is 2.18 bits per heavy atom. The third-order valence-electron chi connectivity index (χ3n) is 3.39. The summed E-state index contributed by atoms with van der Waals surface area (Å²) < 4.78 is 5.56. The highest BCUT2D eigenvalue weighted by atomic mass is 16.5. The zero-order valence-electron chi connectivity index (χ0n) is 11.9. The topological polar surface area (TPSA) is 24.5 Å². The van der Waals surface area contributed by atoms with E-state index in [-0.39, 0.29) is 0 Å². The van der Waals surface area contributed by atoms with Gasteiger partial charge in [-0.3, -0.25) is 0 Å². The van der Waals surface area contributed by atoms with Crippen LogP contribution < -0.4 is 5.32 Å². The number of hydrogen-bond acceptors (Lipinski definition) is 3. The number of ether oxygens (including phenoxy) is 1. The maximum Gasteiger partial charge on any atom is 0.0489 e. The molecule has 1 aliphatic heterocycles. The van der Waals surface area contributed by atoms with E-state index >= 15 is 0 Å². The van der Waals surface area contributed by atoms with Gasteiger partial charge in [0.2, 0.25) is 0 Å². The quantitative estimate of drug-likeness (QED) is 0.660. The second-order valence-corrected chi connectivity index (χ2v) is 5.66. The minimum atomic E-state index is 0.652. The van der Waals surface area contributed by atoms with E-state index < -0.39 is 0 Å². The molecule has 0 aromatic heterocycles. The first-order valence-corrected chi connectivity index (χ1v) is 7.19. The fourth-order valence-corrected chi connectivity index (χ4v) is 2.29. The van der Waals surface area contributed by atoms with E-state index in [1.54, 1.807) is 0 Å². The summed E-state index contributed by atoms with van der Waals surface area (Å²) in [5, 5.41) is 3.55. The van der Waals surface area contributed by atoms with Gasteiger partial charge in [0.05, 0.1) is 0 Å². The number of hydrogen-bond donors (Lipinski definition) is 1. The molecule has 1 aliphatic rings. The molecule has 0 radical (unpaired) electrons. The predicted octanol–water partition coefficient (Wildman–Crippen LogP) is 2.12. The molecule has 1 rings (SSSR count). The average molecular weight is 242 g/mol. The van der Waals surface area contributed by atoms with Gasteiger partial charge in [-0.25, -0.2) is 0 Å². The van der Waals surface area contributed by atoms with Crippen LogP contribution in [0.1, 0.15) is 39.5 Å². The van der Waals surface area contributed by atoms with E-state index in [4.69, 9.17) is 4.74 Å². The fourth-order valence-electron chi connectivity index (χ4n) is 2.29. The molecule has 1 N–H and O–H groups in total. The van der Waals surface area contributed by atoms with Crippen LogP contribution in [0.25, 0.3) is 0 Å². The van der Waals surface area contributed by atoms with Crippen molar-refractivity contribution in [1.82, 2.24) is 10.2 Å². The van der Waals surface area contributed by atoms with Crippen LogP contribution >= 0.6 is 0 Å². The van der Waals surface area contributed by atoms with Gasteiger partial charge in [-0.1, -0.05) is 20.3 Å². The van der Waals surface area contributed by atoms with Crippen LogP contribution in [-0.4, -0.2) is 50.8 Å². The first kappa shape index (κ1) is 14.9. The molecule has 1 heterocycles. The van der Waals surface area contributed by atoms with Crippen molar-refractivity contribution >= 4 is 0 Å². The molecule has 0 spiro atoms. The highest BCUT2D eigenvalue weighted by molar-refractivity contribution is 4.75. The van der Waals surface area contributed by atoms with Crippen molar-refractivity contribution in [2.75, 3.05) is 39.9 Å². The lowest BCUT2D eigenvalue weighted by Crippen LogP contribution is -2.43. The molecule has 1 atom stereocenters. The molecule has 0 saturated carbocycles. The largest absolute Gasteiger partial charge is 0.381 e. The smallest absolute Gasteiger partial charge is 0.0489 e. The van der Waals surface area contributed by atoms with Crippen molar-refractivity contribution in [3.63, 3.8) is 0 Å². The summed E-state index contributed by atoms with van der Waals surface area (Å²) in [6.45, 7) is 9.67. The lowest BCUT2D eigenvalue weighted by molar-refractivity contribution is 0.107. The standard InChI is InChI=1S/C14H30N2O/c1-13(2)12-17-10-6-8-15-11-14-7-4-5-9-16(14)3/h13-15H,4-12H2,1-3H3. The van der Waals surface area contributed by atoms with Gasteiger partial charge in [0.15, 0.2) is 0 Å². The maximum absolute atomic E-state index is 5.56. The number of likely N-dealkylation sites (N-methyl/N-ethyl adjacent to an activating group) is 1. The van der Waals surface area contributed by atoms with Crippen LogP contribution in [0.2, 0.25) is 0 Å². The Morgan fingerprint density at radius 1 is 1.35 bits per heavy atom. The van der Waals surface area contributed by atoms with Crippen molar-refractivity contribution in [2.45, 2.75) is 45.6 Å². The summed E-state index contributed by atoms with van der Waals surface area (Å²) in [6.07, 6.45) is 5.25. The minimum Gasteiger partial charge on any atom is -0.381 e. The third-order valence-corrected chi connectivity index (χ3v) is 3.39. The first-order valence-electron chi connectivity index (χ1n) is 7.19. The Bertz CT molecular complexity index is 185. The summed E-state index contributed by atoms with van der Waals surface area (Å²) in [4.78, 5) is 2.49. The summed E-state index contributed by atoms with van der Waals surface area (Å²) in [5.41, 5.74) is 0. The Morgan fingerprint density at radius 3 is 2.88 bits per heavy atom. The van der Waals surface area contributed by atoms with E-state index in [2.05, 4.69) is 31.1 Å². The van der Waals surface area contributed by atoms with Crippen LogP contribution in [0, 0.1) is 5.92 Å². The van der Waals surface area contributed by atoms with Gasteiger partial charge < -0.3 is 15.0 Å². The van der Waals surface area contributed by atoms with Gasteiger partial charge >= 0.3 is 0 Å². The number of nitrogens with zero attached hydrogens (tertiary/aromatic N) is 1. The zero-order valence-corrected chi connectivity index (χ0v) is 11.9. The maximum atomic E-state index is 5.56. The molecule has 0 aromatic carbocycles. The Balaban J connectivity index is 1.89. The van der Waals surface area contributed by atoms with Gasteiger partial charge in [-0.15, -0.1) is 0 Å². The number of piperidine rings is 1. The van der Waals surface area contributed by atoms with E-state index in [9.17, 15) is 0 Å². The molecule has 17 heavy (non-hydrogen) atoms. The molecule has 1 fully saturated rings. The summed E-state index contributed by atoms with van der Waals surface area (Å²) in [7, 11) is 2.25. The molecule has 3 nitrogen and oxygen atoms in total. The average Bonchev–Trinajstić information content (AvgIpc) is 2.30. The van der Waals surface area contributed by atoms with Gasteiger partial charge in [0, 0.05) is 25.8 Å². The molecular formula is C14H30N2O. The van der Waals surface area contributed by atoms with E-state index in [1.807, 2.05) is 0 Å². The van der Waals surface area contributed by atoms with Gasteiger partial charge in [0.1, 0.15) is 0 Å². The minimum absolute atomic E-state index is 0.652. The molecule has 0 aromatic rings. The monoisotopic (exact) mass is 242 g/mol. The first-order chi connectivity index (χ1) is 8.20. The van der Waals surface area contributed by atoms with Crippen LogP contribution in [-0.2, 0) is 4.74 Å². The van der Waals surface area contributed by atoms with Crippen LogP contribution in [0.5, 0.6) is 0 Å². The van der Waals surface area contributed by atoms with Crippen LogP contribution in [0.15, 0.2) is 0 Å². The molecule has 3 heteroatoms. The zero-order chi connectivity index (χ0) is 12.5. The normalized spacial score (nSPS) is 22.2. The van der Waals surface area contributed by atoms with Crippen molar-refractivity contribution in [2.24, 2.45) is 5.92 Å². The molecule has 0 aliphatic carbocycles. The SMILES string of the molecule is CC(C)COCCCNCC1CCCCN1C. The lowest BCUT2D eigenvalue weighted by atomic mass is 10.0. The molecule has 1 saturated heterocycles. The predicted molar refractivity (Wildman–Crippen MR) is 73.4 cm³/mol. The van der Waals surface area contributed by atoms with E-state index in [1.165, 1.54) is 25.8 Å². The molecular weight excluding hydrogens is 212 g/mol. The van der Waals surface area contributed by atoms with Crippen molar-refractivity contribution < 1.29 is 4.74 Å². The Kier molecular flexibility index (Phi) is 7.82. The fraction of sp³-hybridized carbons (Fsp3) is 1.00. The van der Waals surface area contributed by atoms with Crippen molar-refractivity contribution in [1.29, 1.82) is 0 Å². The van der Waals surface area contributed by atoms with E-state index in [0.717, 1.165) is 38.8 Å². The van der Waals surface area contributed by atoms with Gasteiger partial charge in [0.25, 0.3) is 0 Å². The number of rotatable bonds is 8. The van der Waals surface area contributed by atoms with Crippen LogP contribution in [0.4, 0.5) is 0 Å². The third kappa shape index (κ3) is 7.02. The number of likely N-dealkylation sites (tertiary alicyclic amines) is 1. The summed E-state index contributed by atoms with van der Waals surface area (Å²) in [6, 6.07) is 0.750. The molecule has 0 amide bonds. The Hall–Kier alpha value is -0.120. The summed E-state index contributed by atoms with van der Waals surface area (Å²) in [5.74, 6) is 0.652. The van der Waals surface area contributed by atoms with Gasteiger partial charge in [-0.2, -0.15) is 0 Å². The molecule has 1 unspecified atom stereocenters. The highest BCUT2D eigenvalue weighted by Crippen LogP contribution is 2.13.